The number of carbonyl (C=O) groups is 1. The number of hydrogen-bond acceptors (Lipinski definition) is 2. The molecule has 0 atom stereocenters. The van der Waals surface area contributed by atoms with Gasteiger partial charge in [-0.05, 0) is 32.0 Å². The van der Waals surface area contributed by atoms with Crippen LogP contribution >= 0.6 is 15.9 Å². The van der Waals surface area contributed by atoms with Crippen LogP contribution in [0.2, 0.25) is 0 Å². The lowest BCUT2D eigenvalue weighted by molar-refractivity contribution is 0.103. The summed E-state index contributed by atoms with van der Waals surface area (Å²) in [6, 6.07) is 9.23. The molecule has 0 unspecified atom stereocenters. The number of ketones is 1. The average Bonchev–Trinajstić information content (AvgIpc) is 2.63. The number of nitrogens with two attached hydrogens (primary N) is 1. The molecule has 0 aliphatic rings. The number of nitrogens with zero attached hydrogens (tertiary/aromatic N) is 1. The fraction of sp³-hybridized carbons (Fsp3) is 0.214. The van der Waals surface area contributed by atoms with Crippen molar-refractivity contribution in [1.82, 2.24) is 4.57 Å². The fourth-order valence-electron chi connectivity index (χ4n) is 2.14. The van der Waals surface area contributed by atoms with Crippen LogP contribution in [-0.4, -0.2) is 10.4 Å². The van der Waals surface area contributed by atoms with Crippen molar-refractivity contribution in [2.24, 2.45) is 0 Å². The zero-order chi connectivity index (χ0) is 13.3. The van der Waals surface area contributed by atoms with Gasteiger partial charge in [-0.15, -0.1) is 0 Å². The van der Waals surface area contributed by atoms with Gasteiger partial charge < -0.3 is 10.3 Å². The van der Waals surface area contributed by atoms with Gasteiger partial charge in [0.25, 0.3) is 0 Å². The molecular formula is C14H15BrN2O. The van der Waals surface area contributed by atoms with Crippen LogP contribution in [0.1, 0.15) is 28.7 Å². The molecule has 0 radical (unpaired) electrons. The molecule has 0 fully saturated rings. The lowest BCUT2D eigenvalue weighted by atomic mass is 10.1. The Morgan fingerprint density at radius 3 is 2.67 bits per heavy atom. The van der Waals surface area contributed by atoms with Crippen LogP contribution in [0, 0.1) is 6.92 Å². The smallest absolute Gasteiger partial charge is 0.212 e. The highest BCUT2D eigenvalue weighted by atomic mass is 79.9. The number of hydrogen-bond donors (Lipinski definition) is 1. The summed E-state index contributed by atoms with van der Waals surface area (Å²) < 4.78 is 2.73. The van der Waals surface area contributed by atoms with Crippen molar-refractivity contribution in [3.63, 3.8) is 0 Å². The molecule has 1 aromatic heterocycles. The van der Waals surface area contributed by atoms with Crippen molar-refractivity contribution in [2.45, 2.75) is 20.4 Å². The second kappa shape index (κ2) is 4.98. The molecule has 0 amide bonds. The molecule has 1 aromatic carbocycles. The summed E-state index contributed by atoms with van der Waals surface area (Å²) in [4.78, 5) is 12.6. The van der Waals surface area contributed by atoms with Crippen LogP contribution in [0.4, 0.5) is 5.69 Å². The van der Waals surface area contributed by atoms with Gasteiger partial charge in [-0.1, -0.05) is 28.1 Å². The van der Waals surface area contributed by atoms with Crippen LogP contribution in [0.15, 0.2) is 34.8 Å². The quantitative estimate of drug-likeness (QED) is 0.884. The highest BCUT2D eigenvalue weighted by Crippen LogP contribution is 2.25. The third kappa shape index (κ3) is 2.08. The highest BCUT2D eigenvalue weighted by molar-refractivity contribution is 9.10. The molecule has 2 aromatic rings. The average molecular weight is 307 g/mol. The van der Waals surface area contributed by atoms with E-state index in [1.165, 1.54) is 0 Å². The summed E-state index contributed by atoms with van der Waals surface area (Å²) in [7, 11) is 0. The van der Waals surface area contributed by atoms with Gasteiger partial charge in [0.15, 0.2) is 0 Å². The van der Waals surface area contributed by atoms with Gasteiger partial charge in [-0.2, -0.15) is 0 Å². The normalized spacial score (nSPS) is 10.6. The molecule has 0 aliphatic carbocycles. The van der Waals surface area contributed by atoms with E-state index in [1.807, 2.05) is 42.7 Å². The van der Waals surface area contributed by atoms with Gasteiger partial charge in [-0.3, -0.25) is 4.79 Å². The molecule has 0 bridgehead atoms. The fourth-order valence-corrected chi connectivity index (χ4v) is 2.60. The van der Waals surface area contributed by atoms with Gasteiger partial charge in [0.05, 0.1) is 5.69 Å². The number of carbonyl (C=O) groups excluding carboxylic acids is 1. The number of benzene rings is 1. The number of aromatic nitrogens is 1. The van der Waals surface area contributed by atoms with E-state index in [2.05, 4.69) is 15.9 Å². The molecular weight excluding hydrogens is 292 g/mol. The summed E-state index contributed by atoms with van der Waals surface area (Å²) in [6.45, 7) is 4.69. The van der Waals surface area contributed by atoms with E-state index in [1.54, 1.807) is 6.07 Å². The van der Waals surface area contributed by atoms with Crippen molar-refractivity contribution < 1.29 is 4.79 Å². The van der Waals surface area contributed by atoms with E-state index >= 15 is 0 Å². The van der Waals surface area contributed by atoms with Gasteiger partial charge in [0.2, 0.25) is 5.78 Å². The van der Waals surface area contributed by atoms with E-state index in [9.17, 15) is 4.79 Å². The topological polar surface area (TPSA) is 48.0 Å². The SMILES string of the molecule is CCn1c(C)cc(N)c1C(=O)c1ccccc1Br. The summed E-state index contributed by atoms with van der Waals surface area (Å²) in [5, 5.41) is 0. The van der Waals surface area contributed by atoms with E-state index in [0.717, 1.165) is 16.7 Å². The first kappa shape index (κ1) is 12.9. The second-order valence-electron chi connectivity index (χ2n) is 4.14. The zero-order valence-electron chi connectivity index (χ0n) is 10.4. The van der Waals surface area contributed by atoms with E-state index in [-0.39, 0.29) is 5.78 Å². The number of rotatable bonds is 3. The van der Waals surface area contributed by atoms with Gasteiger partial charge in [0, 0.05) is 22.3 Å². The van der Waals surface area contributed by atoms with Gasteiger partial charge in [0.1, 0.15) is 5.69 Å². The van der Waals surface area contributed by atoms with E-state index in [4.69, 9.17) is 5.73 Å². The maximum atomic E-state index is 12.6. The number of nitrogen functional groups attached to an aromatic ring is 1. The zero-order valence-corrected chi connectivity index (χ0v) is 12.0. The van der Waals surface area contributed by atoms with Gasteiger partial charge >= 0.3 is 0 Å². The van der Waals surface area contributed by atoms with Crippen LogP contribution in [0.5, 0.6) is 0 Å². The minimum absolute atomic E-state index is 0.0464. The molecule has 0 spiro atoms. The Bertz CT molecular complexity index is 602. The molecule has 94 valence electrons. The summed E-state index contributed by atoms with van der Waals surface area (Å²) in [5.74, 6) is -0.0464. The Morgan fingerprint density at radius 2 is 2.06 bits per heavy atom. The molecule has 4 heteroatoms. The molecule has 0 aliphatic heterocycles. The Hall–Kier alpha value is -1.55. The molecule has 3 nitrogen and oxygen atoms in total. The Labute approximate surface area is 115 Å². The molecule has 18 heavy (non-hydrogen) atoms. The predicted octanol–water partition coefficient (Wildman–Crippen LogP) is 3.39. The van der Waals surface area contributed by atoms with Crippen LogP contribution in [0.3, 0.4) is 0 Å². The number of aryl methyl sites for hydroxylation is 1. The Morgan fingerprint density at radius 1 is 1.39 bits per heavy atom. The van der Waals surface area contributed by atoms with Crippen molar-refractivity contribution in [2.75, 3.05) is 5.73 Å². The van der Waals surface area contributed by atoms with Crippen LogP contribution < -0.4 is 5.73 Å². The predicted molar refractivity (Wildman–Crippen MR) is 76.8 cm³/mol. The first-order valence-electron chi connectivity index (χ1n) is 5.81. The van der Waals surface area contributed by atoms with E-state index in [0.29, 0.717) is 16.9 Å². The second-order valence-corrected chi connectivity index (χ2v) is 5.00. The number of anilines is 1. The molecule has 2 N–H and O–H groups in total. The minimum atomic E-state index is -0.0464. The Kier molecular flexibility index (Phi) is 3.57. The molecule has 0 saturated carbocycles. The van der Waals surface area contributed by atoms with Crippen molar-refractivity contribution in [1.29, 1.82) is 0 Å². The summed E-state index contributed by atoms with van der Waals surface area (Å²) in [5.41, 5.74) is 8.70. The lowest BCUT2D eigenvalue weighted by Gasteiger charge is -2.09. The Balaban J connectivity index is 2.57. The summed E-state index contributed by atoms with van der Waals surface area (Å²) >= 11 is 3.40. The van der Waals surface area contributed by atoms with E-state index < -0.39 is 0 Å². The maximum Gasteiger partial charge on any atom is 0.212 e. The summed E-state index contributed by atoms with van der Waals surface area (Å²) in [6.07, 6.45) is 0. The monoisotopic (exact) mass is 306 g/mol. The molecule has 2 rings (SSSR count). The van der Waals surface area contributed by atoms with Crippen molar-refractivity contribution in [3.05, 3.63) is 51.8 Å². The minimum Gasteiger partial charge on any atom is -0.397 e. The standard InChI is InChI=1S/C14H15BrN2O/c1-3-17-9(2)8-12(16)13(17)14(18)10-6-4-5-7-11(10)15/h4-8H,3,16H2,1-2H3. The largest absolute Gasteiger partial charge is 0.397 e. The van der Waals surface area contributed by atoms with Crippen molar-refractivity contribution >= 4 is 27.4 Å². The van der Waals surface area contributed by atoms with Crippen LogP contribution in [-0.2, 0) is 6.54 Å². The highest BCUT2D eigenvalue weighted by Gasteiger charge is 2.20. The maximum absolute atomic E-state index is 12.6. The third-order valence-corrected chi connectivity index (χ3v) is 3.67. The lowest BCUT2D eigenvalue weighted by Crippen LogP contribution is -2.12. The number of halogens is 1. The third-order valence-electron chi connectivity index (χ3n) is 2.98. The first-order chi connectivity index (χ1) is 8.56. The van der Waals surface area contributed by atoms with Gasteiger partial charge in [-0.25, -0.2) is 0 Å². The first-order valence-corrected chi connectivity index (χ1v) is 6.60. The molecule has 1 heterocycles. The van der Waals surface area contributed by atoms with Crippen LogP contribution in [0.25, 0.3) is 0 Å². The van der Waals surface area contributed by atoms with Crippen molar-refractivity contribution in [3.8, 4) is 0 Å². The molecule has 0 saturated heterocycles.